The Bertz CT molecular complexity index is 347. The van der Waals surface area contributed by atoms with Crippen molar-refractivity contribution in [1.82, 2.24) is 5.32 Å². The molecule has 0 aliphatic rings. The van der Waals surface area contributed by atoms with Gasteiger partial charge in [0.1, 0.15) is 11.9 Å². The highest BCUT2D eigenvalue weighted by Gasteiger charge is 2.06. The normalized spacial score (nSPS) is 12.4. The molecule has 1 aromatic carbocycles. The lowest BCUT2D eigenvalue weighted by atomic mass is 10.3. The Hall–Kier alpha value is -0.710. The Morgan fingerprint density at radius 1 is 1.32 bits per heavy atom. The molecule has 1 unspecified atom stereocenters. The van der Waals surface area contributed by atoms with E-state index in [-0.39, 0.29) is 6.10 Å². The highest BCUT2D eigenvalue weighted by atomic mass is 32.2. The van der Waals surface area contributed by atoms with E-state index >= 15 is 0 Å². The fourth-order valence-electron chi connectivity index (χ4n) is 1.72. The number of nitrogens with one attached hydrogen (secondary N) is 1. The molecule has 0 aliphatic carbocycles. The van der Waals surface area contributed by atoms with Crippen LogP contribution in [0.2, 0.25) is 0 Å². The third-order valence-electron chi connectivity index (χ3n) is 2.68. The fraction of sp³-hybridized carbons (Fsp3) is 0.600. The molecular formula is C15H25NO2S. The average Bonchev–Trinajstić information content (AvgIpc) is 2.43. The highest BCUT2D eigenvalue weighted by Crippen LogP contribution is 2.27. The van der Waals surface area contributed by atoms with Gasteiger partial charge in [0.2, 0.25) is 0 Å². The van der Waals surface area contributed by atoms with Gasteiger partial charge in [0.05, 0.1) is 0 Å². The minimum Gasteiger partial charge on any atom is -0.488 e. The maximum atomic E-state index is 5.95. The van der Waals surface area contributed by atoms with Crippen LogP contribution >= 0.6 is 11.8 Å². The van der Waals surface area contributed by atoms with Gasteiger partial charge in [0, 0.05) is 24.7 Å². The lowest BCUT2D eigenvalue weighted by molar-refractivity contribution is 0.143. The summed E-state index contributed by atoms with van der Waals surface area (Å²) in [6.45, 7) is 7.56. The topological polar surface area (TPSA) is 30.5 Å². The summed E-state index contributed by atoms with van der Waals surface area (Å²) in [5.74, 6) is 0.971. The van der Waals surface area contributed by atoms with Crippen LogP contribution in [0.1, 0.15) is 20.3 Å². The minimum absolute atomic E-state index is 0.167. The Morgan fingerprint density at radius 3 is 2.84 bits per heavy atom. The molecule has 0 saturated heterocycles. The molecule has 4 heteroatoms. The number of ether oxygens (including phenoxy) is 2. The molecule has 0 bridgehead atoms. The van der Waals surface area contributed by atoms with Gasteiger partial charge >= 0.3 is 0 Å². The molecule has 0 aliphatic heterocycles. The number of hydrogen-bond acceptors (Lipinski definition) is 4. The van der Waals surface area contributed by atoms with Gasteiger partial charge in [0.25, 0.3) is 0 Å². The van der Waals surface area contributed by atoms with Crippen LogP contribution in [0.4, 0.5) is 0 Å². The van der Waals surface area contributed by atoms with Gasteiger partial charge in [-0.15, -0.1) is 11.8 Å². The SMILES string of the molecule is CCOCCCNCC(C)Oc1ccccc1SC. The monoisotopic (exact) mass is 283 g/mol. The van der Waals surface area contributed by atoms with Crippen LogP contribution in [-0.4, -0.2) is 38.7 Å². The molecule has 0 aromatic heterocycles. The van der Waals surface area contributed by atoms with Crippen LogP contribution in [0, 0.1) is 0 Å². The molecule has 3 nitrogen and oxygen atoms in total. The van der Waals surface area contributed by atoms with Crippen molar-refractivity contribution in [2.75, 3.05) is 32.6 Å². The average molecular weight is 283 g/mol. The van der Waals surface area contributed by atoms with Crippen LogP contribution in [0.15, 0.2) is 29.2 Å². The maximum Gasteiger partial charge on any atom is 0.133 e. The van der Waals surface area contributed by atoms with Crippen LogP contribution in [0.5, 0.6) is 5.75 Å². The van der Waals surface area contributed by atoms with E-state index in [1.807, 2.05) is 25.1 Å². The molecule has 1 atom stereocenters. The summed E-state index contributed by atoms with van der Waals surface area (Å²) in [6, 6.07) is 8.16. The lowest BCUT2D eigenvalue weighted by Crippen LogP contribution is -2.30. The summed E-state index contributed by atoms with van der Waals surface area (Å²) in [4.78, 5) is 1.19. The minimum atomic E-state index is 0.167. The zero-order valence-corrected chi connectivity index (χ0v) is 13.0. The smallest absolute Gasteiger partial charge is 0.133 e. The van der Waals surface area contributed by atoms with Crippen molar-refractivity contribution in [3.63, 3.8) is 0 Å². The standard InChI is InChI=1S/C15H25NO2S/c1-4-17-11-7-10-16-12-13(2)18-14-8-5-6-9-15(14)19-3/h5-6,8-9,13,16H,4,7,10-12H2,1-3H3. The second-order valence-corrected chi connectivity index (χ2v) is 5.18. The molecule has 1 aromatic rings. The van der Waals surface area contributed by atoms with Gasteiger partial charge in [-0.25, -0.2) is 0 Å². The van der Waals surface area contributed by atoms with Crippen molar-refractivity contribution >= 4 is 11.8 Å². The molecule has 0 heterocycles. The molecule has 0 fully saturated rings. The Kier molecular flexibility index (Phi) is 8.71. The Labute approximate surface area is 121 Å². The van der Waals surface area contributed by atoms with Crippen LogP contribution in [0.3, 0.4) is 0 Å². The summed E-state index contributed by atoms with van der Waals surface area (Å²) in [7, 11) is 0. The number of benzene rings is 1. The Balaban J connectivity index is 2.21. The molecule has 108 valence electrons. The maximum absolute atomic E-state index is 5.95. The summed E-state index contributed by atoms with van der Waals surface area (Å²) in [5, 5.41) is 3.39. The van der Waals surface area contributed by atoms with E-state index < -0.39 is 0 Å². The predicted molar refractivity (Wildman–Crippen MR) is 82.3 cm³/mol. The fourth-order valence-corrected chi connectivity index (χ4v) is 2.26. The third-order valence-corrected chi connectivity index (χ3v) is 3.45. The van der Waals surface area contributed by atoms with E-state index in [2.05, 4.69) is 24.6 Å². The zero-order chi connectivity index (χ0) is 13.9. The van der Waals surface area contributed by atoms with E-state index in [0.29, 0.717) is 0 Å². The molecule has 0 amide bonds. The van der Waals surface area contributed by atoms with E-state index in [1.54, 1.807) is 11.8 Å². The van der Waals surface area contributed by atoms with E-state index in [0.717, 1.165) is 38.5 Å². The lowest BCUT2D eigenvalue weighted by Gasteiger charge is -2.17. The van der Waals surface area contributed by atoms with Crippen LogP contribution < -0.4 is 10.1 Å². The first kappa shape index (κ1) is 16.3. The van der Waals surface area contributed by atoms with Crippen molar-refractivity contribution < 1.29 is 9.47 Å². The van der Waals surface area contributed by atoms with E-state index in [9.17, 15) is 0 Å². The molecule has 1 N–H and O–H groups in total. The molecular weight excluding hydrogens is 258 g/mol. The number of hydrogen-bond donors (Lipinski definition) is 1. The summed E-state index contributed by atoms with van der Waals surface area (Å²) < 4.78 is 11.2. The van der Waals surface area contributed by atoms with Gasteiger partial charge in [-0.3, -0.25) is 0 Å². The summed E-state index contributed by atoms with van der Waals surface area (Å²) >= 11 is 1.71. The highest BCUT2D eigenvalue weighted by molar-refractivity contribution is 7.98. The second kappa shape index (κ2) is 10.1. The van der Waals surface area contributed by atoms with Crippen LogP contribution in [-0.2, 0) is 4.74 Å². The van der Waals surface area contributed by atoms with Gasteiger partial charge in [-0.2, -0.15) is 0 Å². The largest absolute Gasteiger partial charge is 0.488 e. The number of rotatable bonds is 10. The number of para-hydroxylation sites is 1. The van der Waals surface area contributed by atoms with Crippen molar-refractivity contribution in [3.8, 4) is 5.75 Å². The molecule has 0 saturated carbocycles. The zero-order valence-electron chi connectivity index (χ0n) is 12.1. The van der Waals surface area contributed by atoms with Crippen LogP contribution in [0.25, 0.3) is 0 Å². The first-order valence-corrected chi connectivity index (χ1v) is 8.08. The molecule has 0 radical (unpaired) electrons. The van der Waals surface area contributed by atoms with Crippen molar-refractivity contribution in [3.05, 3.63) is 24.3 Å². The first-order valence-electron chi connectivity index (χ1n) is 6.86. The second-order valence-electron chi connectivity index (χ2n) is 4.33. The number of thioether (sulfide) groups is 1. The molecule has 1 rings (SSSR count). The predicted octanol–water partition coefficient (Wildman–Crippen LogP) is 3.19. The van der Waals surface area contributed by atoms with Gasteiger partial charge in [-0.1, -0.05) is 12.1 Å². The molecule has 0 spiro atoms. The van der Waals surface area contributed by atoms with E-state index in [4.69, 9.17) is 9.47 Å². The van der Waals surface area contributed by atoms with Gasteiger partial charge < -0.3 is 14.8 Å². The van der Waals surface area contributed by atoms with Gasteiger partial charge in [-0.05, 0) is 45.2 Å². The van der Waals surface area contributed by atoms with Gasteiger partial charge in [0.15, 0.2) is 0 Å². The summed E-state index contributed by atoms with van der Waals surface area (Å²) in [5.41, 5.74) is 0. The third kappa shape index (κ3) is 6.85. The molecule has 19 heavy (non-hydrogen) atoms. The quantitative estimate of drug-likeness (QED) is 0.528. The Morgan fingerprint density at radius 2 is 2.11 bits per heavy atom. The van der Waals surface area contributed by atoms with Crippen molar-refractivity contribution in [1.29, 1.82) is 0 Å². The van der Waals surface area contributed by atoms with Crippen molar-refractivity contribution in [2.45, 2.75) is 31.3 Å². The van der Waals surface area contributed by atoms with Crippen molar-refractivity contribution in [2.24, 2.45) is 0 Å². The first-order chi connectivity index (χ1) is 9.27. The van der Waals surface area contributed by atoms with E-state index in [1.165, 1.54) is 4.90 Å². The summed E-state index contributed by atoms with van der Waals surface area (Å²) in [6.07, 6.45) is 3.28.